The quantitative estimate of drug-likeness (QED) is 0.366. The molecule has 0 spiro atoms. The van der Waals surface area contributed by atoms with Gasteiger partial charge in [0.1, 0.15) is 18.1 Å². The van der Waals surface area contributed by atoms with Gasteiger partial charge in [-0.15, -0.1) is 0 Å². The SMILES string of the molecule is CC(C)C[C@H](N)C(=O)OC(=O)C[C@H](N)C(=O)OC(=O)[C@@H](N)CC(C)C. The molecule has 0 aliphatic rings. The summed E-state index contributed by atoms with van der Waals surface area (Å²) in [4.78, 5) is 46.6. The average molecular weight is 359 g/mol. The van der Waals surface area contributed by atoms with E-state index >= 15 is 0 Å². The van der Waals surface area contributed by atoms with Gasteiger partial charge in [-0.1, -0.05) is 27.7 Å². The van der Waals surface area contributed by atoms with Crippen molar-refractivity contribution in [3.8, 4) is 0 Å². The maximum absolute atomic E-state index is 11.7. The maximum Gasteiger partial charge on any atom is 0.331 e. The van der Waals surface area contributed by atoms with Crippen LogP contribution in [0.4, 0.5) is 0 Å². The van der Waals surface area contributed by atoms with Crippen LogP contribution in [0.3, 0.4) is 0 Å². The van der Waals surface area contributed by atoms with E-state index in [1.807, 2.05) is 27.7 Å². The average Bonchev–Trinajstić information content (AvgIpc) is 2.45. The molecule has 0 saturated heterocycles. The number of esters is 4. The van der Waals surface area contributed by atoms with Crippen molar-refractivity contribution >= 4 is 23.9 Å². The molecule has 144 valence electrons. The second kappa shape index (κ2) is 10.9. The highest BCUT2D eigenvalue weighted by Crippen LogP contribution is 2.07. The molecule has 0 unspecified atom stereocenters. The molecule has 0 fully saturated rings. The molecular formula is C16H29N3O6. The highest BCUT2D eigenvalue weighted by atomic mass is 16.6. The van der Waals surface area contributed by atoms with Crippen LogP contribution < -0.4 is 17.2 Å². The zero-order chi connectivity index (χ0) is 19.7. The van der Waals surface area contributed by atoms with Gasteiger partial charge in [-0.3, -0.25) is 4.79 Å². The summed E-state index contributed by atoms with van der Waals surface area (Å²) < 4.78 is 9.07. The van der Waals surface area contributed by atoms with Crippen LogP contribution in [0.5, 0.6) is 0 Å². The summed E-state index contributed by atoms with van der Waals surface area (Å²) in [7, 11) is 0. The summed E-state index contributed by atoms with van der Waals surface area (Å²) in [5, 5.41) is 0. The normalized spacial score (nSPS) is 14.8. The number of carbonyl (C=O) groups excluding carboxylic acids is 4. The minimum Gasteiger partial charge on any atom is -0.392 e. The highest BCUT2D eigenvalue weighted by Gasteiger charge is 2.27. The molecule has 0 amide bonds. The zero-order valence-corrected chi connectivity index (χ0v) is 15.2. The van der Waals surface area contributed by atoms with Gasteiger partial charge in [-0.05, 0) is 24.7 Å². The van der Waals surface area contributed by atoms with Crippen molar-refractivity contribution in [1.29, 1.82) is 0 Å². The standard InChI is InChI=1S/C16H29N3O6/c1-8(2)5-10(17)14(21)24-13(20)7-12(19)16(23)25-15(22)11(18)6-9(3)4/h8-12H,5-7,17-19H2,1-4H3/t10-,11-,12-/m0/s1. The summed E-state index contributed by atoms with van der Waals surface area (Å²) in [6, 6.07) is -3.35. The fourth-order valence-corrected chi connectivity index (χ4v) is 1.95. The third kappa shape index (κ3) is 9.90. The Morgan fingerprint density at radius 2 is 1.04 bits per heavy atom. The molecule has 0 aliphatic heterocycles. The summed E-state index contributed by atoms with van der Waals surface area (Å²) >= 11 is 0. The number of carbonyl (C=O) groups is 4. The van der Waals surface area contributed by atoms with E-state index in [4.69, 9.17) is 17.2 Å². The van der Waals surface area contributed by atoms with Gasteiger partial charge in [0.15, 0.2) is 0 Å². The van der Waals surface area contributed by atoms with Gasteiger partial charge in [0.05, 0.1) is 6.42 Å². The Balaban J connectivity index is 4.40. The summed E-state index contributed by atoms with van der Waals surface area (Å²) in [6.07, 6.45) is 0.0692. The first-order chi connectivity index (χ1) is 11.4. The first-order valence-electron chi connectivity index (χ1n) is 8.20. The molecule has 0 rings (SSSR count). The topological polar surface area (TPSA) is 165 Å². The zero-order valence-electron chi connectivity index (χ0n) is 15.2. The lowest BCUT2D eigenvalue weighted by Gasteiger charge is -2.15. The van der Waals surface area contributed by atoms with Crippen molar-refractivity contribution in [3.63, 3.8) is 0 Å². The molecule has 9 heteroatoms. The molecule has 6 N–H and O–H groups in total. The van der Waals surface area contributed by atoms with Crippen LogP contribution in [0.15, 0.2) is 0 Å². The van der Waals surface area contributed by atoms with Crippen LogP contribution in [0.25, 0.3) is 0 Å². The lowest BCUT2D eigenvalue weighted by molar-refractivity contribution is -0.167. The molecule has 0 radical (unpaired) electrons. The van der Waals surface area contributed by atoms with E-state index < -0.39 is 48.4 Å². The second-order valence-corrected chi connectivity index (χ2v) is 6.82. The molecule has 0 aromatic rings. The monoisotopic (exact) mass is 359 g/mol. The summed E-state index contributed by atoms with van der Waals surface area (Å²) in [5.74, 6) is -3.65. The van der Waals surface area contributed by atoms with E-state index in [0.29, 0.717) is 12.8 Å². The van der Waals surface area contributed by atoms with Crippen LogP contribution in [0.1, 0.15) is 47.0 Å². The van der Waals surface area contributed by atoms with Gasteiger partial charge in [0, 0.05) is 0 Å². The Kier molecular flexibility index (Phi) is 10.1. The van der Waals surface area contributed by atoms with Crippen LogP contribution in [0.2, 0.25) is 0 Å². The van der Waals surface area contributed by atoms with Gasteiger partial charge in [0.25, 0.3) is 0 Å². The van der Waals surface area contributed by atoms with Gasteiger partial charge in [0.2, 0.25) is 0 Å². The molecule has 3 atom stereocenters. The van der Waals surface area contributed by atoms with Gasteiger partial charge >= 0.3 is 23.9 Å². The Morgan fingerprint density at radius 1 is 0.680 bits per heavy atom. The summed E-state index contributed by atoms with van der Waals surface area (Å²) in [5.41, 5.74) is 16.7. The fraction of sp³-hybridized carbons (Fsp3) is 0.750. The molecule has 25 heavy (non-hydrogen) atoms. The largest absolute Gasteiger partial charge is 0.392 e. The van der Waals surface area contributed by atoms with E-state index in [-0.39, 0.29) is 11.8 Å². The van der Waals surface area contributed by atoms with Crippen LogP contribution in [0, 0.1) is 11.8 Å². The molecule has 0 heterocycles. The minimum absolute atomic E-state index is 0.141. The van der Waals surface area contributed by atoms with Crippen molar-refractivity contribution in [3.05, 3.63) is 0 Å². The lowest BCUT2D eigenvalue weighted by Crippen LogP contribution is -2.42. The maximum atomic E-state index is 11.7. The van der Waals surface area contributed by atoms with Crippen molar-refractivity contribution < 1.29 is 28.7 Å². The van der Waals surface area contributed by atoms with Crippen molar-refractivity contribution in [2.24, 2.45) is 29.0 Å². The Hall–Kier alpha value is -1.84. The number of rotatable bonds is 9. The van der Waals surface area contributed by atoms with Crippen molar-refractivity contribution in [2.45, 2.75) is 65.1 Å². The number of hydrogen-bond donors (Lipinski definition) is 3. The van der Waals surface area contributed by atoms with Crippen LogP contribution in [-0.4, -0.2) is 42.0 Å². The van der Waals surface area contributed by atoms with Gasteiger partial charge in [-0.25, -0.2) is 14.4 Å². The number of hydrogen-bond acceptors (Lipinski definition) is 9. The third-order valence-electron chi connectivity index (χ3n) is 3.16. The molecule has 9 nitrogen and oxygen atoms in total. The van der Waals surface area contributed by atoms with Crippen molar-refractivity contribution in [1.82, 2.24) is 0 Å². The smallest absolute Gasteiger partial charge is 0.331 e. The van der Waals surface area contributed by atoms with E-state index in [2.05, 4.69) is 9.47 Å². The molecule has 0 aliphatic carbocycles. The van der Waals surface area contributed by atoms with Crippen LogP contribution in [-0.2, 0) is 28.7 Å². The molecule has 0 saturated carbocycles. The van der Waals surface area contributed by atoms with Crippen LogP contribution >= 0.6 is 0 Å². The number of ether oxygens (including phenoxy) is 2. The predicted molar refractivity (Wildman–Crippen MR) is 89.7 cm³/mol. The second-order valence-electron chi connectivity index (χ2n) is 6.82. The molecule has 0 aromatic heterocycles. The number of nitrogens with two attached hydrogens (primary N) is 3. The van der Waals surface area contributed by atoms with Crippen molar-refractivity contribution in [2.75, 3.05) is 0 Å². The summed E-state index contributed by atoms with van der Waals surface area (Å²) in [6.45, 7) is 7.44. The van der Waals surface area contributed by atoms with E-state index in [1.54, 1.807) is 0 Å². The highest BCUT2D eigenvalue weighted by molar-refractivity contribution is 5.94. The van der Waals surface area contributed by atoms with E-state index in [1.165, 1.54) is 0 Å². The first-order valence-corrected chi connectivity index (χ1v) is 8.20. The molecular weight excluding hydrogens is 330 g/mol. The van der Waals surface area contributed by atoms with E-state index in [9.17, 15) is 19.2 Å². The molecule has 0 bridgehead atoms. The van der Waals surface area contributed by atoms with Gasteiger partial charge in [-0.2, -0.15) is 0 Å². The molecule has 0 aromatic carbocycles. The Bertz CT molecular complexity index is 492. The predicted octanol–water partition coefficient (Wildman–Crippen LogP) is -0.410. The van der Waals surface area contributed by atoms with E-state index in [0.717, 1.165) is 0 Å². The Morgan fingerprint density at radius 3 is 1.44 bits per heavy atom. The Labute approximate surface area is 147 Å². The minimum atomic E-state index is -1.45. The lowest BCUT2D eigenvalue weighted by atomic mass is 10.0. The van der Waals surface area contributed by atoms with Gasteiger partial charge < -0.3 is 26.7 Å². The first kappa shape index (κ1) is 23.2. The fourth-order valence-electron chi connectivity index (χ4n) is 1.95. The third-order valence-corrected chi connectivity index (χ3v) is 3.16.